The highest BCUT2D eigenvalue weighted by atomic mass is 32.1. The molecule has 0 saturated heterocycles. The molecule has 0 spiro atoms. The van der Waals surface area contributed by atoms with E-state index in [1.165, 1.54) is 0 Å². The van der Waals surface area contributed by atoms with E-state index in [2.05, 4.69) is 4.98 Å². The molecule has 2 N–H and O–H groups in total. The summed E-state index contributed by atoms with van der Waals surface area (Å²) in [5, 5.41) is 0.235. The van der Waals surface area contributed by atoms with Crippen LogP contribution in [0.25, 0.3) is 10.6 Å². The highest BCUT2D eigenvalue weighted by Gasteiger charge is 2.35. The van der Waals surface area contributed by atoms with E-state index in [4.69, 9.17) is 5.73 Å². The second-order valence-electron chi connectivity index (χ2n) is 4.25. The van der Waals surface area contributed by atoms with Crippen molar-refractivity contribution < 1.29 is 17.6 Å². The van der Waals surface area contributed by atoms with Crippen LogP contribution in [0.1, 0.15) is 16.1 Å². The van der Waals surface area contributed by atoms with E-state index in [0.717, 1.165) is 28.3 Å². The zero-order valence-corrected chi connectivity index (χ0v) is 11.4. The van der Waals surface area contributed by atoms with Crippen molar-refractivity contribution in [1.82, 2.24) is 4.98 Å². The van der Waals surface area contributed by atoms with Gasteiger partial charge >= 0.3 is 6.18 Å². The van der Waals surface area contributed by atoms with Gasteiger partial charge in [0.2, 0.25) is 0 Å². The first-order valence-corrected chi connectivity index (χ1v) is 6.68. The Morgan fingerprint density at radius 1 is 1.30 bits per heavy atom. The monoisotopic (exact) mass is 304 g/mol. The topological polar surface area (TPSA) is 38.9 Å². The summed E-state index contributed by atoms with van der Waals surface area (Å²) in [6.07, 6.45) is -4.06. The molecule has 0 saturated carbocycles. The number of hydrogen-bond donors (Lipinski definition) is 1. The van der Waals surface area contributed by atoms with Crippen molar-refractivity contribution in [3.05, 3.63) is 40.2 Å². The van der Waals surface area contributed by atoms with E-state index in [1.54, 1.807) is 6.92 Å². The number of hydrogen-bond acceptors (Lipinski definition) is 3. The number of aryl methyl sites for hydroxylation is 1. The summed E-state index contributed by atoms with van der Waals surface area (Å²) in [6.45, 7) is 2.12. The first-order valence-electron chi connectivity index (χ1n) is 5.86. The maximum atomic E-state index is 13.1. The molecule has 0 amide bonds. The fourth-order valence-electron chi connectivity index (χ4n) is 1.84. The van der Waals surface area contributed by atoms with Gasteiger partial charge in [-0.3, -0.25) is 0 Å². The predicted octanol–water partition coefficient (Wildman–Crippen LogP) is 3.78. The van der Waals surface area contributed by atoms with Crippen LogP contribution in [0.2, 0.25) is 0 Å². The minimum atomic E-state index is -4.62. The van der Waals surface area contributed by atoms with E-state index in [-0.39, 0.29) is 10.6 Å². The standard InChI is InChI=1S/C13H12F4N2S/c1-7-11(4-5-18)20-12(19-7)9-3-2-8(14)6-10(9)13(15,16)17/h2-3,6H,4-5,18H2,1H3. The second kappa shape index (κ2) is 5.49. The third-order valence-electron chi connectivity index (χ3n) is 2.78. The number of rotatable bonds is 3. The molecule has 0 atom stereocenters. The maximum Gasteiger partial charge on any atom is 0.417 e. The maximum absolute atomic E-state index is 13.1. The van der Waals surface area contributed by atoms with Gasteiger partial charge < -0.3 is 5.73 Å². The van der Waals surface area contributed by atoms with Crippen LogP contribution in [0.4, 0.5) is 17.6 Å². The third kappa shape index (κ3) is 2.99. The molecule has 0 aliphatic heterocycles. The van der Waals surface area contributed by atoms with Crippen LogP contribution in [-0.2, 0) is 12.6 Å². The Bertz CT molecular complexity index is 619. The van der Waals surface area contributed by atoms with Gasteiger partial charge in [0.15, 0.2) is 0 Å². The third-order valence-corrected chi connectivity index (χ3v) is 4.03. The molecule has 7 heteroatoms. The molecule has 0 aliphatic carbocycles. The minimum absolute atomic E-state index is 0.102. The summed E-state index contributed by atoms with van der Waals surface area (Å²) < 4.78 is 51.9. The molecule has 0 fully saturated rings. The zero-order valence-electron chi connectivity index (χ0n) is 10.6. The molecule has 0 radical (unpaired) electrons. The van der Waals surface area contributed by atoms with Gasteiger partial charge in [0.25, 0.3) is 0 Å². The Hall–Kier alpha value is -1.47. The molecule has 2 aromatic rings. The Morgan fingerprint density at radius 3 is 2.60 bits per heavy atom. The van der Waals surface area contributed by atoms with Crippen LogP contribution >= 0.6 is 11.3 Å². The molecular formula is C13H12F4N2S. The van der Waals surface area contributed by atoms with Crippen molar-refractivity contribution in [1.29, 1.82) is 0 Å². The summed E-state index contributed by atoms with van der Waals surface area (Å²) in [6, 6.07) is 2.61. The van der Waals surface area contributed by atoms with Crippen molar-refractivity contribution in [2.24, 2.45) is 5.73 Å². The number of nitrogens with zero attached hydrogens (tertiary/aromatic N) is 1. The van der Waals surface area contributed by atoms with Crippen LogP contribution in [0.15, 0.2) is 18.2 Å². The quantitative estimate of drug-likeness (QED) is 0.877. The van der Waals surface area contributed by atoms with Gasteiger partial charge in [-0.15, -0.1) is 11.3 Å². The molecule has 0 bridgehead atoms. The molecule has 2 nitrogen and oxygen atoms in total. The number of alkyl halides is 3. The normalized spacial score (nSPS) is 11.9. The Kier molecular flexibility index (Phi) is 4.10. The number of nitrogens with two attached hydrogens (primary N) is 1. The molecule has 1 aromatic heterocycles. The van der Waals surface area contributed by atoms with Gasteiger partial charge in [-0.25, -0.2) is 9.37 Å². The molecule has 20 heavy (non-hydrogen) atoms. The molecule has 108 valence electrons. The van der Waals surface area contributed by atoms with Crippen molar-refractivity contribution in [2.45, 2.75) is 19.5 Å². The van der Waals surface area contributed by atoms with Crippen LogP contribution < -0.4 is 5.73 Å². The fourth-order valence-corrected chi connectivity index (χ4v) is 2.96. The zero-order chi connectivity index (χ0) is 14.9. The van der Waals surface area contributed by atoms with Gasteiger partial charge in [-0.2, -0.15) is 13.2 Å². The van der Waals surface area contributed by atoms with E-state index < -0.39 is 17.6 Å². The lowest BCUT2D eigenvalue weighted by Gasteiger charge is -2.11. The fraction of sp³-hybridized carbons (Fsp3) is 0.308. The Labute approximate surface area is 117 Å². The van der Waals surface area contributed by atoms with Gasteiger partial charge in [0, 0.05) is 10.4 Å². The lowest BCUT2D eigenvalue weighted by atomic mass is 10.1. The number of halogens is 4. The van der Waals surface area contributed by atoms with E-state index in [1.807, 2.05) is 0 Å². The first kappa shape index (κ1) is 14.9. The van der Waals surface area contributed by atoms with E-state index in [0.29, 0.717) is 24.7 Å². The number of aromatic nitrogens is 1. The Morgan fingerprint density at radius 2 is 2.00 bits per heavy atom. The van der Waals surface area contributed by atoms with Gasteiger partial charge in [0.05, 0.1) is 11.3 Å². The van der Waals surface area contributed by atoms with Gasteiger partial charge in [-0.05, 0) is 38.1 Å². The van der Waals surface area contributed by atoms with Crippen molar-refractivity contribution in [2.75, 3.05) is 6.54 Å². The van der Waals surface area contributed by atoms with Crippen molar-refractivity contribution >= 4 is 11.3 Å². The molecule has 1 heterocycles. The summed E-state index contributed by atoms with van der Waals surface area (Å²) in [4.78, 5) is 4.99. The summed E-state index contributed by atoms with van der Waals surface area (Å²) in [5.41, 5.74) is 5.00. The highest BCUT2D eigenvalue weighted by molar-refractivity contribution is 7.15. The van der Waals surface area contributed by atoms with Gasteiger partial charge in [-0.1, -0.05) is 0 Å². The van der Waals surface area contributed by atoms with Crippen LogP contribution in [-0.4, -0.2) is 11.5 Å². The van der Waals surface area contributed by atoms with Crippen molar-refractivity contribution in [3.8, 4) is 10.6 Å². The highest BCUT2D eigenvalue weighted by Crippen LogP contribution is 2.39. The molecule has 2 rings (SSSR count). The second-order valence-corrected chi connectivity index (χ2v) is 5.34. The average Bonchev–Trinajstić information content (AvgIpc) is 2.70. The molecule has 1 aromatic carbocycles. The van der Waals surface area contributed by atoms with Crippen molar-refractivity contribution in [3.63, 3.8) is 0 Å². The summed E-state index contributed by atoms with van der Waals surface area (Å²) >= 11 is 1.16. The Balaban J connectivity index is 2.55. The van der Waals surface area contributed by atoms with Crippen LogP contribution in [0, 0.1) is 12.7 Å². The largest absolute Gasteiger partial charge is 0.417 e. The summed E-state index contributed by atoms with van der Waals surface area (Å²) in [5.74, 6) is -0.920. The first-order chi connectivity index (χ1) is 9.32. The molecular weight excluding hydrogens is 292 g/mol. The smallest absolute Gasteiger partial charge is 0.330 e. The van der Waals surface area contributed by atoms with E-state index >= 15 is 0 Å². The summed E-state index contributed by atoms with van der Waals surface area (Å²) in [7, 11) is 0. The predicted molar refractivity (Wildman–Crippen MR) is 70.0 cm³/mol. The molecule has 0 unspecified atom stereocenters. The minimum Gasteiger partial charge on any atom is -0.330 e. The number of thiazole rings is 1. The van der Waals surface area contributed by atoms with Crippen LogP contribution in [0.3, 0.4) is 0 Å². The number of benzene rings is 1. The average molecular weight is 304 g/mol. The SMILES string of the molecule is Cc1nc(-c2ccc(F)cc2C(F)(F)F)sc1CCN. The van der Waals surface area contributed by atoms with Gasteiger partial charge in [0.1, 0.15) is 10.8 Å². The lowest BCUT2D eigenvalue weighted by molar-refractivity contribution is -0.137. The lowest BCUT2D eigenvalue weighted by Crippen LogP contribution is -2.07. The molecule has 0 aliphatic rings. The van der Waals surface area contributed by atoms with E-state index in [9.17, 15) is 17.6 Å². The van der Waals surface area contributed by atoms with Crippen LogP contribution in [0.5, 0.6) is 0 Å².